The van der Waals surface area contributed by atoms with Crippen LogP contribution in [0.3, 0.4) is 0 Å². The molecular weight excluding hydrogens is 523 g/mol. The number of nitrogens with one attached hydrogen (secondary N) is 5. The molecule has 1 fully saturated rings. The Balaban J connectivity index is 0.000000673. The zero-order chi connectivity index (χ0) is 29.2. The first-order valence-corrected chi connectivity index (χ1v) is 11.6. The molecule has 1 saturated heterocycles. The molecule has 1 aliphatic heterocycles. The number of amides is 3. The molecule has 3 amide bonds. The molecule has 0 aromatic heterocycles. The minimum atomic E-state index is -5.08. The van der Waals surface area contributed by atoms with Gasteiger partial charge in [0.15, 0.2) is 0 Å². The Labute approximate surface area is 221 Å². The fourth-order valence-electron chi connectivity index (χ4n) is 3.60. The molecule has 7 N–H and O–H groups in total. The molecule has 2 aromatic rings. The van der Waals surface area contributed by atoms with Gasteiger partial charge >= 0.3 is 18.2 Å². The number of carbonyl (C=O) groups is 4. The van der Waals surface area contributed by atoms with Gasteiger partial charge in [-0.3, -0.25) is 20.3 Å². The highest BCUT2D eigenvalue weighted by molar-refractivity contribution is 6.04. The molecule has 14 heteroatoms. The predicted molar refractivity (Wildman–Crippen MR) is 133 cm³/mol. The van der Waals surface area contributed by atoms with Crippen molar-refractivity contribution >= 4 is 29.7 Å². The van der Waals surface area contributed by atoms with Crippen molar-refractivity contribution in [3.63, 3.8) is 0 Å². The summed E-state index contributed by atoms with van der Waals surface area (Å²) < 4.78 is 31.7. The Morgan fingerprint density at radius 1 is 1.05 bits per heavy atom. The number of benzene rings is 2. The largest absolute Gasteiger partial charge is 0.490 e. The summed E-state index contributed by atoms with van der Waals surface area (Å²) in [5.74, 6) is -3.21. The normalized spacial score (nSPS) is 17.1. The van der Waals surface area contributed by atoms with E-state index in [0.717, 1.165) is 12.1 Å². The Hall–Kier alpha value is -4.46. The Morgan fingerprint density at radius 2 is 1.64 bits per heavy atom. The number of carboxylic acids is 1. The summed E-state index contributed by atoms with van der Waals surface area (Å²) in [4.78, 5) is 44.5. The molecule has 1 heterocycles. The van der Waals surface area contributed by atoms with Gasteiger partial charge in [-0.05, 0) is 30.4 Å². The van der Waals surface area contributed by atoms with Gasteiger partial charge < -0.3 is 26.2 Å². The van der Waals surface area contributed by atoms with Crippen LogP contribution in [-0.4, -0.2) is 64.7 Å². The van der Waals surface area contributed by atoms with Gasteiger partial charge in [-0.25, -0.2) is 9.59 Å². The van der Waals surface area contributed by atoms with E-state index in [1.807, 2.05) is 23.5 Å². The minimum absolute atomic E-state index is 0.195. The van der Waals surface area contributed by atoms with E-state index < -0.39 is 24.3 Å². The van der Waals surface area contributed by atoms with Gasteiger partial charge in [0.05, 0.1) is 6.04 Å². The van der Waals surface area contributed by atoms with Crippen molar-refractivity contribution in [1.82, 2.24) is 21.3 Å². The number of carbonyl (C=O) groups excluding carboxylic acids is 2. The zero-order valence-electron chi connectivity index (χ0n) is 20.7. The fraction of sp³-hybridized carbons (Fsp3) is 0.320. The van der Waals surface area contributed by atoms with Crippen LogP contribution in [0.1, 0.15) is 36.0 Å². The van der Waals surface area contributed by atoms with Crippen LogP contribution in [0.15, 0.2) is 54.6 Å². The average Bonchev–Trinajstić information content (AvgIpc) is 3.38. The van der Waals surface area contributed by atoms with E-state index in [-0.39, 0.29) is 36.2 Å². The maximum Gasteiger partial charge on any atom is 0.490 e. The molecular formula is C25H28F3N5O6. The molecule has 1 aliphatic rings. The van der Waals surface area contributed by atoms with E-state index in [9.17, 15) is 27.6 Å². The second kappa shape index (κ2) is 13.9. The smallest absolute Gasteiger partial charge is 0.475 e. The first kappa shape index (κ1) is 30.8. The second-order valence-electron chi connectivity index (χ2n) is 8.56. The molecule has 0 radical (unpaired) electrons. The van der Waals surface area contributed by atoms with E-state index in [1.54, 1.807) is 31.2 Å². The third kappa shape index (κ3) is 10.1. The first-order valence-electron chi connectivity index (χ1n) is 11.6. The quantitative estimate of drug-likeness (QED) is 0.203. The van der Waals surface area contributed by atoms with Gasteiger partial charge in [0.1, 0.15) is 11.9 Å². The van der Waals surface area contributed by atoms with Crippen molar-refractivity contribution in [2.45, 2.75) is 44.1 Å². The van der Waals surface area contributed by atoms with Crippen molar-refractivity contribution in [1.29, 1.82) is 5.41 Å². The van der Waals surface area contributed by atoms with Gasteiger partial charge in [-0.2, -0.15) is 13.2 Å². The third-order valence-electron chi connectivity index (χ3n) is 5.65. The zero-order valence-corrected chi connectivity index (χ0v) is 20.7. The van der Waals surface area contributed by atoms with Crippen LogP contribution in [0, 0.1) is 5.41 Å². The Morgan fingerprint density at radius 3 is 2.18 bits per heavy atom. The summed E-state index contributed by atoms with van der Waals surface area (Å²) in [6, 6.07) is 15.6. The molecule has 39 heavy (non-hydrogen) atoms. The van der Waals surface area contributed by atoms with E-state index in [0.29, 0.717) is 12.0 Å². The number of amidine groups is 1. The minimum Gasteiger partial charge on any atom is -0.475 e. The Kier molecular flexibility index (Phi) is 11.0. The number of carboxylic acid groups (broad SMARTS) is 2. The van der Waals surface area contributed by atoms with E-state index in [4.69, 9.17) is 20.4 Å². The summed E-state index contributed by atoms with van der Waals surface area (Å²) in [5.41, 5.74) is 2.40. The van der Waals surface area contributed by atoms with Crippen molar-refractivity contribution < 1.29 is 42.6 Å². The Bertz CT molecular complexity index is 1170. The lowest BCUT2D eigenvalue weighted by Crippen LogP contribution is -2.49. The van der Waals surface area contributed by atoms with E-state index >= 15 is 0 Å². The highest BCUT2D eigenvalue weighted by Gasteiger charge is 2.38. The maximum absolute atomic E-state index is 12.6. The van der Waals surface area contributed by atoms with Crippen LogP contribution in [0.4, 0.5) is 18.0 Å². The number of rotatable bonds is 7. The highest BCUT2D eigenvalue weighted by Crippen LogP contribution is 2.25. The fourth-order valence-corrected chi connectivity index (χ4v) is 3.60. The van der Waals surface area contributed by atoms with Crippen LogP contribution in [0.5, 0.6) is 0 Å². The standard InChI is InChI=1S/C23H27N5O4.C2HF3O2/c1-14(27-22(30)19-11-18(13-25-19)16-5-3-2-4-6-16)21(29)26-12-15-7-9-17(10-8-15)20(24)28-23(31)32;3-2(4,5)1(6)7/h2-10,14,18-19,25H,11-13H2,1H3,(H2,24,28)(H,26,29)(H,27,30)(H,31,32);(H,6,7)/t14?,18-,19+;/m0./s1. The first-order chi connectivity index (χ1) is 18.3. The number of hydrogen-bond acceptors (Lipinski definition) is 6. The molecule has 1 unspecified atom stereocenters. The maximum atomic E-state index is 12.6. The molecule has 210 valence electrons. The number of aliphatic carboxylic acids is 1. The van der Waals surface area contributed by atoms with Crippen molar-refractivity contribution in [3.05, 3.63) is 71.3 Å². The van der Waals surface area contributed by atoms with E-state index in [1.165, 1.54) is 5.56 Å². The molecule has 0 spiro atoms. The summed E-state index contributed by atoms with van der Waals surface area (Å²) in [7, 11) is 0. The lowest BCUT2D eigenvalue weighted by molar-refractivity contribution is -0.192. The van der Waals surface area contributed by atoms with Crippen LogP contribution >= 0.6 is 0 Å². The molecule has 3 rings (SSSR count). The van der Waals surface area contributed by atoms with Gasteiger partial charge in [0.25, 0.3) is 0 Å². The topological polar surface area (TPSA) is 181 Å². The molecule has 0 bridgehead atoms. The monoisotopic (exact) mass is 551 g/mol. The lowest BCUT2D eigenvalue weighted by atomic mass is 9.96. The lowest BCUT2D eigenvalue weighted by Gasteiger charge is -2.17. The van der Waals surface area contributed by atoms with Gasteiger partial charge in [-0.15, -0.1) is 0 Å². The molecule has 2 aromatic carbocycles. The molecule has 0 aliphatic carbocycles. The number of halogens is 3. The molecule has 0 saturated carbocycles. The summed E-state index contributed by atoms with van der Waals surface area (Å²) in [6.45, 7) is 2.60. The van der Waals surface area contributed by atoms with Crippen molar-refractivity contribution in [2.75, 3.05) is 6.54 Å². The van der Waals surface area contributed by atoms with Crippen LogP contribution < -0.4 is 21.3 Å². The third-order valence-corrected chi connectivity index (χ3v) is 5.65. The highest BCUT2D eigenvalue weighted by atomic mass is 19.4. The SMILES string of the molecule is CC(NC(=O)[C@H]1C[C@H](c2ccccc2)CN1)C(=O)NCc1ccc(C(=N)NC(=O)O)cc1.O=C(O)C(F)(F)F. The van der Waals surface area contributed by atoms with Crippen molar-refractivity contribution in [2.24, 2.45) is 0 Å². The van der Waals surface area contributed by atoms with Gasteiger partial charge in [0, 0.05) is 18.7 Å². The number of hydrogen-bond donors (Lipinski definition) is 7. The summed E-state index contributed by atoms with van der Waals surface area (Å²) in [6.07, 6.45) is -5.70. The molecule has 11 nitrogen and oxygen atoms in total. The van der Waals surface area contributed by atoms with Crippen LogP contribution in [0.25, 0.3) is 0 Å². The second-order valence-corrected chi connectivity index (χ2v) is 8.56. The average molecular weight is 552 g/mol. The molecule has 3 atom stereocenters. The number of alkyl halides is 3. The summed E-state index contributed by atoms with van der Waals surface area (Å²) in [5, 5.41) is 34.2. The predicted octanol–water partition coefficient (Wildman–Crippen LogP) is 2.18. The van der Waals surface area contributed by atoms with Gasteiger partial charge in [0.2, 0.25) is 11.8 Å². The van der Waals surface area contributed by atoms with Gasteiger partial charge in [-0.1, -0.05) is 54.6 Å². The van der Waals surface area contributed by atoms with Crippen LogP contribution in [0.2, 0.25) is 0 Å². The van der Waals surface area contributed by atoms with E-state index in [2.05, 4.69) is 28.1 Å². The summed E-state index contributed by atoms with van der Waals surface area (Å²) >= 11 is 0. The van der Waals surface area contributed by atoms with Crippen LogP contribution in [-0.2, 0) is 20.9 Å². The van der Waals surface area contributed by atoms with Crippen molar-refractivity contribution in [3.8, 4) is 0 Å².